The van der Waals surface area contributed by atoms with E-state index in [9.17, 15) is 21.6 Å². The normalized spacial score (nSPS) is 17.9. The van der Waals surface area contributed by atoms with E-state index < -0.39 is 21.6 Å². The molecule has 1 aliphatic rings. The number of pyridine rings is 1. The Morgan fingerprint density at radius 1 is 1.25 bits per heavy atom. The van der Waals surface area contributed by atoms with Crippen molar-refractivity contribution in [1.29, 1.82) is 0 Å². The van der Waals surface area contributed by atoms with Crippen LogP contribution in [0.5, 0.6) is 0 Å². The van der Waals surface area contributed by atoms with Gasteiger partial charge in [-0.25, -0.2) is 13.4 Å². The molecule has 1 aliphatic heterocycles. The molecule has 0 radical (unpaired) electrons. The van der Waals surface area contributed by atoms with Gasteiger partial charge in [0.15, 0.2) is 9.84 Å². The number of sulfone groups is 1. The third kappa shape index (κ3) is 4.30. The third-order valence-electron chi connectivity index (χ3n) is 4.80. The highest BCUT2D eigenvalue weighted by Gasteiger charge is 2.34. The van der Waals surface area contributed by atoms with Crippen molar-refractivity contribution in [2.24, 2.45) is 0 Å². The molecule has 0 aliphatic carbocycles. The molecular weight excluding hydrogens is 393 g/mol. The summed E-state index contributed by atoms with van der Waals surface area (Å²) in [4.78, 5) is 6.21. The highest BCUT2D eigenvalue weighted by Crippen LogP contribution is 2.38. The van der Waals surface area contributed by atoms with E-state index in [1.165, 1.54) is 24.3 Å². The van der Waals surface area contributed by atoms with Gasteiger partial charge in [0, 0.05) is 31.7 Å². The Kier molecular flexibility index (Phi) is 5.67. The summed E-state index contributed by atoms with van der Waals surface area (Å²) >= 11 is 0. The van der Waals surface area contributed by atoms with E-state index in [4.69, 9.17) is 4.74 Å². The average molecular weight is 414 g/mol. The third-order valence-corrected chi connectivity index (χ3v) is 5.92. The second-order valence-corrected chi connectivity index (χ2v) is 8.85. The molecule has 0 spiro atoms. The Hall–Kier alpha value is -2.13. The molecular formula is C19H21F3N2O3S. The zero-order valence-corrected chi connectivity index (χ0v) is 16.3. The summed E-state index contributed by atoms with van der Waals surface area (Å²) in [6.07, 6.45) is -0.846. The number of ether oxygens (including phenoxy) is 1. The fraction of sp³-hybridized carbons (Fsp3) is 0.421. The van der Waals surface area contributed by atoms with Crippen LogP contribution < -0.4 is 4.90 Å². The molecule has 1 unspecified atom stereocenters. The SMILES string of the molecule is COCC1CCCN1c1ncc(C(F)(F)F)cc1-c1ccc(S(C)(=O)=O)cc1. The summed E-state index contributed by atoms with van der Waals surface area (Å²) in [5, 5.41) is 0. The van der Waals surface area contributed by atoms with Crippen LogP contribution in [0.15, 0.2) is 41.4 Å². The van der Waals surface area contributed by atoms with Gasteiger partial charge >= 0.3 is 6.18 Å². The summed E-state index contributed by atoms with van der Waals surface area (Å²) in [7, 11) is -1.81. The minimum Gasteiger partial charge on any atom is -0.383 e. The summed E-state index contributed by atoms with van der Waals surface area (Å²) in [6.45, 7) is 1.12. The zero-order chi connectivity index (χ0) is 20.5. The average Bonchev–Trinajstić information content (AvgIpc) is 3.08. The van der Waals surface area contributed by atoms with Gasteiger partial charge in [0.2, 0.25) is 0 Å². The lowest BCUT2D eigenvalue weighted by Crippen LogP contribution is -2.34. The number of nitrogens with zero attached hydrogens (tertiary/aromatic N) is 2. The maximum absolute atomic E-state index is 13.3. The molecule has 1 saturated heterocycles. The van der Waals surface area contributed by atoms with Gasteiger partial charge in [-0.05, 0) is 36.6 Å². The molecule has 0 amide bonds. The van der Waals surface area contributed by atoms with E-state index in [1.54, 1.807) is 7.11 Å². The van der Waals surface area contributed by atoms with E-state index in [2.05, 4.69) is 4.98 Å². The summed E-state index contributed by atoms with van der Waals surface area (Å²) in [6, 6.07) is 6.91. The Labute approximate surface area is 162 Å². The lowest BCUT2D eigenvalue weighted by atomic mass is 10.0. The Morgan fingerprint density at radius 2 is 1.93 bits per heavy atom. The molecule has 5 nitrogen and oxygen atoms in total. The van der Waals surface area contributed by atoms with Crippen LogP contribution in [0.25, 0.3) is 11.1 Å². The monoisotopic (exact) mass is 414 g/mol. The smallest absolute Gasteiger partial charge is 0.383 e. The molecule has 1 aromatic heterocycles. The molecule has 2 aromatic rings. The Morgan fingerprint density at radius 3 is 2.50 bits per heavy atom. The first-order valence-corrected chi connectivity index (χ1v) is 10.6. The number of halogens is 3. The van der Waals surface area contributed by atoms with Crippen LogP contribution >= 0.6 is 0 Å². The maximum atomic E-state index is 13.3. The predicted octanol–water partition coefficient (Wildman–Crippen LogP) is 3.79. The van der Waals surface area contributed by atoms with Crippen molar-refractivity contribution in [2.75, 3.05) is 31.4 Å². The molecule has 1 fully saturated rings. The van der Waals surface area contributed by atoms with Gasteiger partial charge in [-0.3, -0.25) is 0 Å². The second kappa shape index (κ2) is 7.71. The molecule has 3 rings (SSSR count). The molecule has 0 saturated carbocycles. The van der Waals surface area contributed by atoms with Gasteiger partial charge in [-0.2, -0.15) is 13.2 Å². The van der Waals surface area contributed by atoms with Crippen molar-refractivity contribution in [3.63, 3.8) is 0 Å². The van der Waals surface area contributed by atoms with Crippen molar-refractivity contribution in [1.82, 2.24) is 4.98 Å². The number of aromatic nitrogens is 1. The van der Waals surface area contributed by atoms with Crippen LogP contribution in [0, 0.1) is 0 Å². The number of benzene rings is 1. The first kappa shape index (κ1) is 20.6. The van der Waals surface area contributed by atoms with Crippen LogP contribution in [0.3, 0.4) is 0 Å². The van der Waals surface area contributed by atoms with Gasteiger partial charge in [-0.1, -0.05) is 12.1 Å². The van der Waals surface area contributed by atoms with Gasteiger partial charge in [0.1, 0.15) is 5.82 Å². The number of hydrogen-bond donors (Lipinski definition) is 0. The van der Waals surface area contributed by atoms with E-state index in [-0.39, 0.29) is 10.9 Å². The van der Waals surface area contributed by atoms with E-state index in [1.807, 2.05) is 4.90 Å². The van der Waals surface area contributed by atoms with Crippen molar-refractivity contribution >= 4 is 15.7 Å². The van der Waals surface area contributed by atoms with Gasteiger partial charge < -0.3 is 9.64 Å². The zero-order valence-electron chi connectivity index (χ0n) is 15.5. The molecule has 0 bridgehead atoms. The largest absolute Gasteiger partial charge is 0.417 e. The van der Waals surface area contributed by atoms with Gasteiger partial charge in [0.25, 0.3) is 0 Å². The first-order chi connectivity index (χ1) is 13.1. The van der Waals surface area contributed by atoms with E-state index >= 15 is 0 Å². The number of rotatable bonds is 5. The minimum atomic E-state index is -4.52. The van der Waals surface area contributed by atoms with Crippen LogP contribution in [0.1, 0.15) is 18.4 Å². The molecule has 1 atom stereocenters. The predicted molar refractivity (Wildman–Crippen MR) is 100 cm³/mol. The first-order valence-electron chi connectivity index (χ1n) is 8.74. The van der Waals surface area contributed by atoms with Crippen molar-refractivity contribution in [3.05, 3.63) is 42.1 Å². The standard InChI is InChI=1S/C19H21F3N2O3S/c1-27-12-15-4-3-9-24(15)18-17(10-14(11-23-18)19(20,21)22)13-5-7-16(8-6-13)28(2,25)26/h5-8,10-11,15H,3-4,9,12H2,1-2H3. The second-order valence-electron chi connectivity index (χ2n) is 6.83. The topological polar surface area (TPSA) is 59.5 Å². The Balaban J connectivity index is 2.11. The number of anilines is 1. The van der Waals surface area contributed by atoms with Crippen LogP contribution in [-0.2, 0) is 20.8 Å². The molecule has 1 aromatic carbocycles. The summed E-state index contributed by atoms with van der Waals surface area (Å²) in [5.41, 5.74) is -0.0529. The highest BCUT2D eigenvalue weighted by molar-refractivity contribution is 7.90. The lowest BCUT2D eigenvalue weighted by molar-refractivity contribution is -0.137. The van der Waals surface area contributed by atoms with Crippen molar-refractivity contribution in [3.8, 4) is 11.1 Å². The summed E-state index contributed by atoms with van der Waals surface area (Å²) < 4.78 is 68.4. The molecule has 0 N–H and O–H groups in total. The van der Waals surface area contributed by atoms with Gasteiger partial charge in [0.05, 0.1) is 23.1 Å². The van der Waals surface area contributed by atoms with Crippen molar-refractivity contribution in [2.45, 2.75) is 30.0 Å². The molecule has 28 heavy (non-hydrogen) atoms. The number of hydrogen-bond acceptors (Lipinski definition) is 5. The fourth-order valence-electron chi connectivity index (χ4n) is 3.42. The number of alkyl halides is 3. The van der Waals surface area contributed by atoms with E-state index in [0.717, 1.165) is 31.4 Å². The van der Waals surface area contributed by atoms with Crippen molar-refractivity contribution < 1.29 is 26.3 Å². The van der Waals surface area contributed by atoms with Crippen LogP contribution in [0.2, 0.25) is 0 Å². The Bertz CT molecular complexity index is 944. The van der Waals surface area contributed by atoms with Gasteiger partial charge in [-0.15, -0.1) is 0 Å². The van der Waals surface area contributed by atoms with Crippen LogP contribution in [-0.4, -0.2) is 46.0 Å². The fourth-order valence-corrected chi connectivity index (χ4v) is 4.05. The number of methoxy groups -OCH3 is 1. The lowest BCUT2D eigenvalue weighted by Gasteiger charge is -2.28. The highest BCUT2D eigenvalue weighted by atomic mass is 32.2. The van der Waals surface area contributed by atoms with E-state index in [0.29, 0.717) is 30.1 Å². The molecule has 152 valence electrons. The quantitative estimate of drug-likeness (QED) is 0.745. The summed E-state index contributed by atoms with van der Waals surface area (Å²) in [5.74, 6) is 0.444. The van der Waals surface area contributed by atoms with Crippen LogP contribution in [0.4, 0.5) is 19.0 Å². The maximum Gasteiger partial charge on any atom is 0.417 e. The molecule has 9 heteroatoms. The molecule has 2 heterocycles. The minimum absolute atomic E-state index is 0.0308.